The van der Waals surface area contributed by atoms with Crippen LogP contribution in [0, 0.1) is 0 Å². The lowest BCUT2D eigenvalue weighted by Crippen LogP contribution is -2.45. The van der Waals surface area contributed by atoms with E-state index in [-0.39, 0.29) is 24.3 Å². The normalized spacial score (nSPS) is 19.8. The van der Waals surface area contributed by atoms with Gasteiger partial charge in [-0.2, -0.15) is 0 Å². The Hall–Kier alpha value is -2.83. The Kier molecular flexibility index (Phi) is 5.83. The molecule has 2 aliphatic rings. The Morgan fingerprint density at radius 2 is 2.00 bits per heavy atom. The molecule has 1 saturated heterocycles. The van der Waals surface area contributed by atoms with E-state index in [0.29, 0.717) is 28.6 Å². The van der Waals surface area contributed by atoms with E-state index >= 15 is 0 Å². The van der Waals surface area contributed by atoms with Crippen molar-refractivity contribution in [3.8, 4) is 5.75 Å². The minimum absolute atomic E-state index is 0.0438. The minimum atomic E-state index is -0.393. The zero-order valence-electron chi connectivity index (χ0n) is 15.8. The Labute approximate surface area is 174 Å². The van der Waals surface area contributed by atoms with Crippen LogP contribution >= 0.6 is 11.6 Å². The van der Waals surface area contributed by atoms with Gasteiger partial charge in [-0.1, -0.05) is 41.9 Å². The third-order valence-corrected chi connectivity index (χ3v) is 5.22. The number of nitrogens with one attached hydrogen (secondary N) is 1. The molecule has 0 aliphatic carbocycles. The summed E-state index contributed by atoms with van der Waals surface area (Å²) in [5.74, 6) is -0.0143. The van der Waals surface area contributed by atoms with Gasteiger partial charge in [-0.3, -0.25) is 14.5 Å². The summed E-state index contributed by atoms with van der Waals surface area (Å²) in [6, 6.07) is 14.3. The van der Waals surface area contributed by atoms with Gasteiger partial charge in [0.1, 0.15) is 6.54 Å². The number of nitrogens with zero attached hydrogens (tertiary/aromatic N) is 1. The van der Waals surface area contributed by atoms with E-state index in [1.165, 1.54) is 4.90 Å². The molecule has 2 aromatic rings. The van der Waals surface area contributed by atoms with Gasteiger partial charge in [-0.15, -0.1) is 0 Å². The van der Waals surface area contributed by atoms with Crippen LogP contribution in [0.5, 0.6) is 5.75 Å². The molecule has 2 aromatic carbocycles. The standard InChI is InChI=1S/C22H21ClN2O4/c23-17-8-2-1-6-15(17)12-20-22(27)25(18-9-3-4-10-19(18)29-20)14-21(26)24-13-16-7-5-11-28-16/h1-4,6,8-10,12,16H,5,7,11,13-14H2,(H,24,26)/b20-12+/t16-/m0/s1. The van der Waals surface area contributed by atoms with Crippen molar-refractivity contribution in [2.75, 3.05) is 24.6 Å². The molecule has 1 fully saturated rings. The van der Waals surface area contributed by atoms with Crippen LogP contribution in [0.15, 0.2) is 54.3 Å². The number of para-hydroxylation sites is 2. The van der Waals surface area contributed by atoms with Crippen molar-refractivity contribution in [2.45, 2.75) is 18.9 Å². The fourth-order valence-electron chi connectivity index (χ4n) is 3.39. The SMILES string of the molecule is O=C(CN1C(=O)/C(=C\c2ccccc2Cl)Oc2ccccc21)NC[C@@H]1CCCO1. The monoisotopic (exact) mass is 412 g/mol. The number of amides is 2. The van der Waals surface area contributed by atoms with Gasteiger partial charge in [0, 0.05) is 18.2 Å². The van der Waals surface area contributed by atoms with Crippen molar-refractivity contribution in [1.29, 1.82) is 0 Å². The van der Waals surface area contributed by atoms with Crippen molar-refractivity contribution in [3.05, 3.63) is 64.9 Å². The first-order valence-corrected chi connectivity index (χ1v) is 9.93. The summed E-state index contributed by atoms with van der Waals surface area (Å²) in [7, 11) is 0. The topological polar surface area (TPSA) is 67.9 Å². The van der Waals surface area contributed by atoms with Crippen LogP contribution in [0.2, 0.25) is 5.02 Å². The highest BCUT2D eigenvalue weighted by atomic mass is 35.5. The maximum Gasteiger partial charge on any atom is 0.294 e. The van der Waals surface area contributed by atoms with E-state index in [9.17, 15) is 9.59 Å². The number of rotatable bonds is 5. The molecule has 0 spiro atoms. The highest BCUT2D eigenvalue weighted by Crippen LogP contribution is 2.35. The summed E-state index contributed by atoms with van der Waals surface area (Å²) in [5.41, 5.74) is 1.22. The number of halogens is 1. The van der Waals surface area contributed by atoms with Crippen molar-refractivity contribution < 1.29 is 19.1 Å². The van der Waals surface area contributed by atoms with Crippen LogP contribution in [0.25, 0.3) is 6.08 Å². The predicted molar refractivity (Wildman–Crippen MR) is 111 cm³/mol. The van der Waals surface area contributed by atoms with E-state index in [0.717, 1.165) is 19.4 Å². The van der Waals surface area contributed by atoms with E-state index < -0.39 is 5.91 Å². The average molecular weight is 413 g/mol. The van der Waals surface area contributed by atoms with Crippen LogP contribution in [-0.2, 0) is 14.3 Å². The second kappa shape index (κ2) is 8.68. The molecular formula is C22H21ClN2O4. The number of benzene rings is 2. The van der Waals surface area contributed by atoms with E-state index in [2.05, 4.69) is 5.32 Å². The first-order chi connectivity index (χ1) is 14.1. The number of fused-ring (bicyclic) bond motifs is 1. The fourth-order valence-corrected chi connectivity index (χ4v) is 3.58. The number of carbonyl (C=O) groups excluding carboxylic acids is 2. The molecule has 29 heavy (non-hydrogen) atoms. The number of anilines is 1. The molecule has 2 heterocycles. The summed E-state index contributed by atoms with van der Waals surface area (Å²) < 4.78 is 11.3. The largest absolute Gasteiger partial charge is 0.449 e. The number of ether oxygens (including phenoxy) is 2. The molecule has 2 amide bonds. The lowest BCUT2D eigenvalue weighted by molar-refractivity contribution is -0.123. The lowest BCUT2D eigenvalue weighted by atomic mass is 10.1. The van der Waals surface area contributed by atoms with Crippen LogP contribution in [0.1, 0.15) is 18.4 Å². The first-order valence-electron chi connectivity index (χ1n) is 9.55. The van der Waals surface area contributed by atoms with Crippen molar-refractivity contribution in [2.24, 2.45) is 0 Å². The Morgan fingerprint density at radius 1 is 1.21 bits per heavy atom. The van der Waals surface area contributed by atoms with Crippen LogP contribution in [-0.4, -0.2) is 37.6 Å². The summed E-state index contributed by atoms with van der Waals surface area (Å²) in [6.45, 7) is 1.07. The van der Waals surface area contributed by atoms with Gasteiger partial charge in [0.05, 0.1) is 11.8 Å². The molecule has 6 nitrogen and oxygen atoms in total. The van der Waals surface area contributed by atoms with Gasteiger partial charge in [-0.25, -0.2) is 0 Å². The van der Waals surface area contributed by atoms with Crippen LogP contribution in [0.3, 0.4) is 0 Å². The molecule has 0 unspecified atom stereocenters. The third-order valence-electron chi connectivity index (χ3n) is 4.88. The molecule has 1 N–H and O–H groups in total. The summed E-state index contributed by atoms with van der Waals surface area (Å²) in [6.07, 6.45) is 3.58. The van der Waals surface area contributed by atoms with Gasteiger partial charge >= 0.3 is 0 Å². The summed E-state index contributed by atoms with van der Waals surface area (Å²) in [4.78, 5) is 27.0. The molecule has 4 rings (SSSR count). The van der Waals surface area contributed by atoms with E-state index in [1.807, 2.05) is 18.2 Å². The number of carbonyl (C=O) groups is 2. The maximum atomic E-state index is 13.1. The molecular weight excluding hydrogens is 392 g/mol. The van der Waals surface area contributed by atoms with Gasteiger partial charge in [0.25, 0.3) is 5.91 Å². The average Bonchev–Trinajstić information content (AvgIpc) is 3.25. The van der Waals surface area contributed by atoms with Crippen molar-refractivity contribution in [3.63, 3.8) is 0 Å². The second-order valence-corrected chi connectivity index (χ2v) is 7.34. The zero-order valence-corrected chi connectivity index (χ0v) is 16.5. The fraction of sp³-hybridized carbons (Fsp3) is 0.273. The zero-order chi connectivity index (χ0) is 20.2. The van der Waals surface area contributed by atoms with E-state index in [1.54, 1.807) is 36.4 Å². The molecule has 0 aromatic heterocycles. The minimum Gasteiger partial charge on any atom is -0.449 e. The van der Waals surface area contributed by atoms with Crippen molar-refractivity contribution >= 4 is 35.2 Å². The van der Waals surface area contributed by atoms with Crippen LogP contribution in [0.4, 0.5) is 5.69 Å². The smallest absolute Gasteiger partial charge is 0.294 e. The molecule has 1 atom stereocenters. The maximum absolute atomic E-state index is 13.1. The number of hydrogen-bond donors (Lipinski definition) is 1. The van der Waals surface area contributed by atoms with Crippen molar-refractivity contribution in [1.82, 2.24) is 5.32 Å². The predicted octanol–water partition coefficient (Wildman–Crippen LogP) is 3.40. The number of hydrogen-bond acceptors (Lipinski definition) is 4. The van der Waals surface area contributed by atoms with Gasteiger partial charge < -0.3 is 14.8 Å². The Morgan fingerprint density at radius 3 is 2.79 bits per heavy atom. The Balaban J connectivity index is 1.55. The highest BCUT2D eigenvalue weighted by molar-refractivity contribution is 6.32. The molecule has 0 radical (unpaired) electrons. The van der Waals surface area contributed by atoms with Gasteiger partial charge in [0.15, 0.2) is 11.5 Å². The summed E-state index contributed by atoms with van der Waals surface area (Å²) >= 11 is 6.21. The lowest BCUT2D eigenvalue weighted by Gasteiger charge is -2.30. The molecule has 0 saturated carbocycles. The van der Waals surface area contributed by atoms with E-state index in [4.69, 9.17) is 21.1 Å². The van der Waals surface area contributed by atoms with Gasteiger partial charge in [0.2, 0.25) is 5.91 Å². The second-order valence-electron chi connectivity index (χ2n) is 6.93. The summed E-state index contributed by atoms with van der Waals surface area (Å²) in [5, 5.41) is 3.37. The third kappa shape index (κ3) is 4.44. The molecule has 2 aliphatic heterocycles. The van der Waals surface area contributed by atoms with Crippen LogP contribution < -0.4 is 15.0 Å². The Bertz CT molecular complexity index is 953. The molecule has 0 bridgehead atoms. The molecule has 150 valence electrons. The highest BCUT2D eigenvalue weighted by Gasteiger charge is 2.32. The first kappa shape index (κ1) is 19.5. The van der Waals surface area contributed by atoms with Gasteiger partial charge in [-0.05, 0) is 42.7 Å². The molecule has 7 heteroatoms. The quantitative estimate of drug-likeness (QED) is 0.764.